The van der Waals surface area contributed by atoms with Gasteiger partial charge in [-0.05, 0) is 53.9 Å². The first-order valence-electron chi connectivity index (χ1n) is 21.4. The van der Waals surface area contributed by atoms with Crippen LogP contribution < -0.4 is 19.1 Å². The van der Waals surface area contributed by atoms with Crippen LogP contribution in [0.15, 0.2) is 36.4 Å². The van der Waals surface area contributed by atoms with Crippen molar-refractivity contribution < 1.29 is 118 Å². The highest BCUT2D eigenvalue weighted by Crippen LogP contribution is 2.60. The van der Waals surface area contributed by atoms with Gasteiger partial charge in [-0.3, -0.25) is 43.2 Å². The molecule has 0 N–H and O–H groups in total. The van der Waals surface area contributed by atoms with Crippen molar-refractivity contribution in [3.05, 3.63) is 81.4 Å². The van der Waals surface area contributed by atoms with Crippen LogP contribution in [0.25, 0.3) is 0 Å². The fourth-order valence-corrected chi connectivity index (χ4v) is 7.61. The predicted molar refractivity (Wildman–Crippen MR) is 231 cm³/mol. The molecule has 26 heteroatoms. The molecule has 0 aromatic heterocycles. The van der Waals surface area contributed by atoms with Gasteiger partial charge in [0.2, 0.25) is 27.2 Å². The number of hydrogen-bond acceptors (Lipinski definition) is 24. The molecule has 0 bridgehead atoms. The van der Waals surface area contributed by atoms with Gasteiger partial charge in [0.15, 0.2) is 35.3 Å². The molecule has 5 rings (SSSR count). The summed E-state index contributed by atoms with van der Waals surface area (Å²) in [6.45, 7) is 1.23. The van der Waals surface area contributed by atoms with Crippen molar-refractivity contribution in [2.45, 2.75) is 72.3 Å². The second kappa shape index (κ2) is 23.5. The first-order valence-corrected chi connectivity index (χ1v) is 21.4. The van der Waals surface area contributed by atoms with Crippen LogP contribution in [0.1, 0.15) is 99.5 Å². The maximum absolute atomic E-state index is 16.5. The Morgan fingerprint density at radius 3 is 1.34 bits per heavy atom. The summed E-state index contributed by atoms with van der Waals surface area (Å²) in [5.74, 6) is -15.2. The van der Waals surface area contributed by atoms with E-state index in [1.807, 2.05) is 0 Å². The number of carbonyl (C=O) groups excluding carboxylic acids is 11. The molecule has 0 atom stereocenters. The summed E-state index contributed by atoms with van der Waals surface area (Å²) in [7, 11) is 0. The van der Waals surface area contributed by atoms with E-state index >= 15 is 8.78 Å². The molecule has 0 fully saturated rings. The predicted octanol–water partition coefficient (Wildman–Crippen LogP) is 3.12. The zero-order valence-corrected chi connectivity index (χ0v) is 39.9. The minimum Gasteiger partial charge on any atom is -0.480 e. The van der Waals surface area contributed by atoms with Gasteiger partial charge in [0, 0.05) is 70.1 Å². The summed E-state index contributed by atoms with van der Waals surface area (Å²) in [5.41, 5.74) is -5.96. The quantitative estimate of drug-likeness (QED) is 0.0640. The molecule has 3 aromatic carbocycles. The molecule has 1 aliphatic carbocycles. The topological polar surface area (TPSA) is 302 Å². The lowest BCUT2D eigenvalue weighted by Crippen LogP contribution is -2.43. The van der Waals surface area contributed by atoms with Gasteiger partial charge >= 0.3 is 65.7 Å². The van der Waals surface area contributed by atoms with Gasteiger partial charge in [0.05, 0.1) is 11.3 Å². The molecule has 0 amide bonds. The summed E-state index contributed by atoms with van der Waals surface area (Å²) in [4.78, 5) is 138. The highest BCUT2D eigenvalue weighted by Gasteiger charge is 2.58. The van der Waals surface area contributed by atoms with Gasteiger partial charge in [-0.15, -0.1) is 0 Å². The van der Waals surface area contributed by atoms with E-state index in [2.05, 4.69) is 14.2 Å². The average Bonchev–Trinajstić information content (AvgIpc) is 3.57. The monoisotopic (exact) mass is 1030 g/mol. The zero-order valence-electron chi connectivity index (χ0n) is 39.9. The third-order valence-electron chi connectivity index (χ3n) is 10.6. The van der Waals surface area contributed by atoms with Crippen molar-refractivity contribution in [1.29, 1.82) is 0 Å². The SMILES string of the molecule is CC(=O)OCOC(=O)CCC1(C)c2cc(OC(C)=O)c(F)cc2C2(OC(=O)c3cc(N(CC(=O)OCOC(C)=O)CC(=O)OCOC(C)=O)c(OCC(=O)OCOC(C)=O)cc32)c2cc(F)c(OC(C)=O)cc21. The van der Waals surface area contributed by atoms with Crippen LogP contribution in [-0.4, -0.2) is 113 Å². The number of nitrogens with zero attached hydrogens (tertiary/aromatic N) is 1. The Kier molecular flexibility index (Phi) is 17.8. The average molecular weight is 1030 g/mol. The lowest BCUT2D eigenvalue weighted by molar-refractivity contribution is -0.168. The fourth-order valence-electron chi connectivity index (χ4n) is 7.61. The molecule has 2 aliphatic rings. The van der Waals surface area contributed by atoms with E-state index in [1.165, 1.54) is 6.92 Å². The van der Waals surface area contributed by atoms with E-state index in [9.17, 15) is 52.7 Å². The summed E-state index contributed by atoms with van der Waals surface area (Å²) >= 11 is 0. The van der Waals surface area contributed by atoms with Crippen LogP contribution in [0, 0.1) is 11.6 Å². The minimum absolute atomic E-state index is 0.0419. The number of benzene rings is 3. The van der Waals surface area contributed by atoms with Crippen LogP contribution >= 0.6 is 0 Å². The maximum Gasteiger partial charge on any atom is 0.347 e. The van der Waals surface area contributed by atoms with E-state index in [4.69, 9.17) is 42.6 Å². The van der Waals surface area contributed by atoms with Crippen LogP contribution in [0.3, 0.4) is 0 Å². The van der Waals surface area contributed by atoms with Crippen molar-refractivity contribution in [2.75, 3.05) is 51.8 Å². The number of halogens is 2. The van der Waals surface area contributed by atoms with Gasteiger partial charge < -0.3 is 61.7 Å². The number of rotatable bonds is 21. The molecule has 1 aliphatic heterocycles. The van der Waals surface area contributed by atoms with Gasteiger partial charge in [-0.1, -0.05) is 6.92 Å². The molecule has 0 saturated heterocycles. The number of ether oxygens (including phenoxy) is 12. The molecule has 0 saturated carbocycles. The largest absolute Gasteiger partial charge is 0.480 e. The molecular weight excluding hydrogens is 984 g/mol. The highest BCUT2D eigenvalue weighted by molar-refractivity contribution is 5.99. The molecule has 390 valence electrons. The Morgan fingerprint density at radius 2 is 0.918 bits per heavy atom. The number of fused-ring (bicyclic) bond motifs is 6. The van der Waals surface area contributed by atoms with Gasteiger partial charge in [0.25, 0.3) is 0 Å². The van der Waals surface area contributed by atoms with E-state index in [-0.39, 0.29) is 34.2 Å². The third kappa shape index (κ3) is 13.4. The Labute approximate surface area is 411 Å². The summed E-state index contributed by atoms with van der Waals surface area (Å²) in [5, 5.41) is 0. The third-order valence-corrected chi connectivity index (χ3v) is 10.6. The Hall–Kier alpha value is -8.71. The number of anilines is 1. The smallest absolute Gasteiger partial charge is 0.347 e. The van der Waals surface area contributed by atoms with Gasteiger partial charge in [0.1, 0.15) is 18.8 Å². The standard InChI is InChI=1S/C47H45F2NO23/c1-23(51)63-19-67-41(57)8-9-46(7)31-14-38(71-27(5)55)35(48)11-33(31)47(34-12-36(49)39(15-32(34)46)72-28(6)56)30-13-40(62-18-44(60)70-22-66-26(4)54)37(10-29(30)45(61)73-47)50(16-42(58)68-20-64-24(2)52)17-43(59)69-21-65-25(3)53/h10-15H,8-9,16-22H2,1-7H3. The maximum atomic E-state index is 16.5. The van der Waals surface area contributed by atoms with Gasteiger partial charge in [-0.2, -0.15) is 0 Å². The Bertz CT molecular complexity index is 2660. The van der Waals surface area contributed by atoms with Crippen molar-refractivity contribution in [3.63, 3.8) is 0 Å². The molecule has 0 radical (unpaired) electrons. The summed E-state index contributed by atoms with van der Waals surface area (Å²) in [6.07, 6.45) is -0.824. The Balaban J connectivity index is 1.82. The Morgan fingerprint density at radius 1 is 0.507 bits per heavy atom. The van der Waals surface area contributed by atoms with Crippen molar-refractivity contribution in [1.82, 2.24) is 0 Å². The van der Waals surface area contributed by atoms with Crippen LogP contribution in [-0.2, 0) is 102 Å². The van der Waals surface area contributed by atoms with E-state index in [0.717, 1.165) is 82.8 Å². The zero-order chi connectivity index (χ0) is 53.9. The first kappa shape index (κ1) is 55.2. The molecule has 73 heavy (non-hydrogen) atoms. The molecule has 1 heterocycles. The van der Waals surface area contributed by atoms with E-state index < -0.39 is 170 Å². The van der Waals surface area contributed by atoms with Crippen molar-refractivity contribution in [2.24, 2.45) is 0 Å². The van der Waals surface area contributed by atoms with Gasteiger partial charge in [-0.25, -0.2) is 18.4 Å². The van der Waals surface area contributed by atoms with Crippen molar-refractivity contribution in [3.8, 4) is 17.2 Å². The molecule has 3 aromatic rings. The number of esters is 11. The second-order valence-corrected chi connectivity index (χ2v) is 15.8. The van der Waals surface area contributed by atoms with Crippen LogP contribution in [0.4, 0.5) is 14.5 Å². The molecular formula is C47H45F2NO23. The minimum atomic E-state index is -2.50. The second-order valence-electron chi connectivity index (χ2n) is 15.8. The highest BCUT2D eigenvalue weighted by atomic mass is 19.1. The molecule has 0 unspecified atom stereocenters. The first-order chi connectivity index (χ1) is 34.4. The van der Waals surface area contributed by atoms with E-state index in [1.54, 1.807) is 0 Å². The normalized spacial score (nSPS) is 15.7. The number of carbonyl (C=O) groups is 11. The molecule has 24 nitrogen and oxygen atoms in total. The van der Waals surface area contributed by atoms with Crippen LogP contribution in [0.5, 0.6) is 17.2 Å². The summed E-state index contributed by atoms with van der Waals surface area (Å²) in [6, 6.07) is 5.83. The molecule has 1 spiro atoms. The summed E-state index contributed by atoms with van der Waals surface area (Å²) < 4.78 is 94.1. The fraction of sp³-hybridized carbons (Fsp3) is 0.383. The van der Waals surface area contributed by atoms with Crippen molar-refractivity contribution >= 4 is 71.3 Å². The van der Waals surface area contributed by atoms with Crippen LogP contribution in [0.2, 0.25) is 0 Å². The number of hydrogen-bond donors (Lipinski definition) is 0. The van der Waals surface area contributed by atoms with E-state index in [0.29, 0.717) is 0 Å². The lowest BCUT2D eigenvalue weighted by atomic mass is 9.59. The lowest BCUT2D eigenvalue weighted by Gasteiger charge is -2.46.